The van der Waals surface area contributed by atoms with E-state index in [0.29, 0.717) is 6.42 Å². The number of methoxy groups -OCH3 is 1. The van der Waals surface area contributed by atoms with E-state index >= 15 is 0 Å². The quantitative estimate of drug-likeness (QED) is 0.863. The lowest BCUT2D eigenvalue weighted by atomic mass is 9.90. The number of fused-ring (bicyclic) bond motifs is 3. The van der Waals surface area contributed by atoms with Crippen molar-refractivity contribution in [3.63, 3.8) is 0 Å². The lowest BCUT2D eigenvalue weighted by Crippen LogP contribution is -2.38. The van der Waals surface area contributed by atoms with Gasteiger partial charge in [-0.2, -0.15) is 0 Å². The number of anilines is 1. The zero-order chi connectivity index (χ0) is 13.7. The van der Waals surface area contributed by atoms with Crippen molar-refractivity contribution in [3.05, 3.63) is 53.6 Å². The van der Waals surface area contributed by atoms with Gasteiger partial charge in [-0.25, -0.2) is 0 Å². The SMILES string of the molecule is COc1ccc2c(c1)CC1(O2)C(=O)Nc2ccccc21. The molecule has 1 N–H and O–H groups in total. The van der Waals surface area contributed by atoms with Gasteiger partial charge in [0.25, 0.3) is 5.91 Å². The highest BCUT2D eigenvalue weighted by Gasteiger charge is 2.53. The van der Waals surface area contributed by atoms with Gasteiger partial charge in [0.1, 0.15) is 11.5 Å². The molecule has 4 nitrogen and oxygen atoms in total. The third kappa shape index (κ3) is 1.33. The minimum absolute atomic E-state index is 0.103. The predicted octanol–water partition coefficient (Wildman–Crippen LogP) is 2.48. The maximum Gasteiger partial charge on any atom is 0.273 e. The molecule has 0 saturated carbocycles. The fourth-order valence-corrected chi connectivity index (χ4v) is 2.98. The van der Waals surface area contributed by atoms with E-state index in [9.17, 15) is 4.79 Å². The fourth-order valence-electron chi connectivity index (χ4n) is 2.98. The van der Waals surface area contributed by atoms with Gasteiger partial charge in [0, 0.05) is 23.2 Å². The molecule has 2 aliphatic rings. The summed E-state index contributed by atoms with van der Waals surface area (Å²) in [5, 5.41) is 2.90. The molecule has 4 rings (SSSR count). The molecule has 2 aromatic carbocycles. The van der Waals surface area contributed by atoms with Crippen LogP contribution in [0.3, 0.4) is 0 Å². The molecule has 2 heterocycles. The number of carbonyl (C=O) groups is 1. The first kappa shape index (κ1) is 11.3. The standard InChI is InChI=1S/C16H13NO3/c1-19-11-6-7-14-10(8-11)9-16(20-14)12-4-2-3-5-13(12)17-15(16)18/h2-8H,9H2,1H3,(H,17,18). The predicted molar refractivity (Wildman–Crippen MR) is 74.1 cm³/mol. The molecule has 2 aromatic rings. The van der Waals surface area contributed by atoms with Crippen molar-refractivity contribution in [2.24, 2.45) is 0 Å². The van der Waals surface area contributed by atoms with E-state index in [0.717, 1.165) is 28.3 Å². The van der Waals surface area contributed by atoms with Gasteiger partial charge in [-0.1, -0.05) is 18.2 Å². The maximum atomic E-state index is 12.4. The Bertz CT molecular complexity index is 725. The molecule has 0 aromatic heterocycles. The second-order valence-electron chi connectivity index (χ2n) is 5.08. The summed E-state index contributed by atoms with van der Waals surface area (Å²) in [6, 6.07) is 13.3. The van der Waals surface area contributed by atoms with Crippen LogP contribution in [0.25, 0.3) is 0 Å². The summed E-state index contributed by atoms with van der Waals surface area (Å²) in [7, 11) is 1.63. The molecule has 0 fully saturated rings. The topological polar surface area (TPSA) is 47.6 Å². The summed E-state index contributed by atoms with van der Waals surface area (Å²) >= 11 is 0. The summed E-state index contributed by atoms with van der Waals surface area (Å²) < 4.78 is 11.3. The highest BCUT2D eigenvalue weighted by atomic mass is 16.5. The molecule has 4 heteroatoms. The summed E-state index contributed by atoms with van der Waals surface area (Å²) in [5.41, 5.74) is 1.80. The van der Waals surface area contributed by atoms with Crippen LogP contribution in [0.1, 0.15) is 11.1 Å². The number of rotatable bonds is 1. The normalized spacial score (nSPS) is 22.1. The van der Waals surface area contributed by atoms with Crippen molar-refractivity contribution >= 4 is 11.6 Å². The summed E-state index contributed by atoms with van der Waals surface area (Å²) in [4.78, 5) is 12.4. The Labute approximate surface area is 116 Å². The number of hydrogen-bond donors (Lipinski definition) is 1. The summed E-state index contributed by atoms with van der Waals surface area (Å²) in [5.74, 6) is 1.42. The van der Waals surface area contributed by atoms with Crippen LogP contribution in [-0.2, 0) is 16.8 Å². The number of nitrogens with one attached hydrogen (secondary N) is 1. The first-order chi connectivity index (χ1) is 9.73. The second-order valence-corrected chi connectivity index (χ2v) is 5.08. The number of carbonyl (C=O) groups excluding carboxylic acids is 1. The molecule has 1 unspecified atom stereocenters. The molecule has 0 aliphatic carbocycles. The summed E-state index contributed by atoms with van der Waals surface area (Å²) in [6.45, 7) is 0. The number of para-hydroxylation sites is 1. The van der Waals surface area contributed by atoms with Crippen LogP contribution >= 0.6 is 0 Å². The maximum absolute atomic E-state index is 12.4. The van der Waals surface area contributed by atoms with Crippen LogP contribution in [0, 0.1) is 0 Å². The van der Waals surface area contributed by atoms with Crippen LogP contribution in [0.4, 0.5) is 5.69 Å². The number of amides is 1. The van der Waals surface area contributed by atoms with Gasteiger partial charge in [0.05, 0.1) is 7.11 Å². The van der Waals surface area contributed by atoms with Gasteiger partial charge in [0.15, 0.2) is 0 Å². The van der Waals surface area contributed by atoms with E-state index in [1.165, 1.54) is 0 Å². The number of benzene rings is 2. The van der Waals surface area contributed by atoms with Gasteiger partial charge in [-0.15, -0.1) is 0 Å². The monoisotopic (exact) mass is 267 g/mol. The van der Waals surface area contributed by atoms with Crippen molar-refractivity contribution in [3.8, 4) is 11.5 Å². The molecule has 2 aliphatic heterocycles. The van der Waals surface area contributed by atoms with E-state index in [1.54, 1.807) is 7.11 Å². The van der Waals surface area contributed by atoms with Crippen LogP contribution in [0.15, 0.2) is 42.5 Å². The van der Waals surface area contributed by atoms with Gasteiger partial charge < -0.3 is 14.8 Å². The largest absolute Gasteiger partial charge is 0.497 e. The van der Waals surface area contributed by atoms with Crippen LogP contribution < -0.4 is 14.8 Å². The Hall–Kier alpha value is -2.49. The van der Waals surface area contributed by atoms with E-state index in [1.807, 2.05) is 42.5 Å². The molecule has 0 radical (unpaired) electrons. The zero-order valence-corrected chi connectivity index (χ0v) is 11.0. The van der Waals surface area contributed by atoms with Crippen molar-refractivity contribution in [2.45, 2.75) is 12.0 Å². The van der Waals surface area contributed by atoms with Crippen molar-refractivity contribution < 1.29 is 14.3 Å². The Balaban J connectivity index is 1.83. The van der Waals surface area contributed by atoms with Gasteiger partial charge in [-0.05, 0) is 24.3 Å². The summed E-state index contributed by atoms with van der Waals surface area (Å²) in [6.07, 6.45) is 0.530. The number of hydrogen-bond acceptors (Lipinski definition) is 3. The van der Waals surface area contributed by atoms with Crippen LogP contribution in [0.2, 0.25) is 0 Å². The molecule has 0 saturated heterocycles. The smallest absolute Gasteiger partial charge is 0.273 e. The highest BCUT2D eigenvalue weighted by Crippen LogP contribution is 2.48. The Morgan fingerprint density at radius 1 is 1.25 bits per heavy atom. The first-order valence-electron chi connectivity index (χ1n) is 6.50. The van der Waals surface area contributed by atoms with E-state index in [4.69, 9.17) is 9.47 Å². The molecule has 100 valence electrons. The molecular weight excluding hydrogens is 254 g/mol. The fraction of sp³-hybridized carbons (Fsp3) is 0.188. The zero-order valence-electron chi connectivity index (χ0n) is 11.0. The second kappa shape index (κ2) is 3.76. The van der Waals surface area contributed by atoms with Crippen LogP contribution in [-0.4, -0.2) is 13.0 Å². The Morgan fingerprint density at radius 3 is 2.95 bits per heavy atom. The minimum Gasteiger partial charge on any atom is -0.497 e. The van der Waals surface area contributed by atoms with Crippen molar-refractivity contribution in [1.82, 2.24) is 0 Å². The first-order valence-corrected chi connectivity index (χ1v) is 6.50. The molecule has 1 atom stereocenters. The van der Waals surface area contributed by atoms with E-state index < -0.39 is 5.60 Å². The molecule has 0 bridgehead atoms. The van der Waals surface area contributed by atoms with Crippen LogP contribution in [0.5, 0.6) is 11.5 Å². The third-order valence-electron chi connectivity index (χ3n) is 3.97. The van der Waals surface area contributed by atoms with Crippen molar-refractivity contribution in [1.29, 1.82) is 0 Å². The van der Waals surface area contributed by atoms with E-state index in [-0.39, 0.29) is 5.91 Å². The molecular formula is C16H13NO3. The van der Waals surface area contributed by atoms with Crippen molar-refractivity contribution in [2.75, 3.05) is 12.4 Å². The molecule has 20 heavy (non-hydrogen) atoms. The average molecular weight is 267 g/mol. The minimum atomic E-state index is -0.925. The number of ether oxygens (including phenoxy) is 2. The van der Waals surface area contributed by atoms with Gasteiger partial charge in [-0.3, -0.25) is 4.79 Å². The molecule has 1 spiro atoms. The highest BCUT2D eigenvalue weighted by molar-refractivity contribution is 6.06. The third-order valence-corrected chi connectivity index (χ3v) is 3.97. The van der Waals surface area contributed by atoms with Gasteiger partial charge >= 0.3 is 0 Å². The Morgan fingerprint density at radius 2 is 2.10 bits per heavy atom. The lowest BCUT2D eigenvalue weighted by molar-refractivity contribution is -0.129. The van der Waals surface area contributed by atoms with Gasteiger partial charge in [0.2, 0.25) is 5.60 Å². The Kier molecular flexibility index (Phi) is 2.13. The van der Waals surface area contributed by atoms with E-state index in [2.05, 4.69) is 5.32 Å². The molecule has 1 amide bonds. The average Bonchev–Trinajstić information content (AvgIpc) is 2.98. The lowest BCUT2D eigenvalue weighted by Gasteiger charge is -2.21.